The molecule has 0 radical (unpaired) electrons. The van der Waals surface area contributed by atoms with E-state index in [4.69, 9.17) is 4.42 Å². The summed E-state index contributed by atoms with van der Waals surface area (Å²) in [4.78, 5) is 61.1. The van der Waals surface area contributed by atoms with Gasteiger partial charge in [0.05, 0.1) is 16.0 Å². The third-order valence-corrected chi connectivity index (χ3v) is 6.34. The summed E-state index contributed by atoms with van der Waals surface area (Å²) in [6.07, 6.45) is 2.18. The third kappa shape index (κ3) is 5.78. The van der Waals surface area contributed by atoms with Gasteiger partial charge in [-0.3, -0.25) is 19.3 Å². The van der Waals surface area contributed by atoms with Crippen LogP contribution in [-0.2, 0) is 16.0 Å². The second kappa shape index (κ2) is 10.5. The first-order valence-electron chi connectivity index (χ1n) is 11.0. The molecule has 0 atom stereocenters. The molecule has 10 nitrogen and oxygen atoms in total. The van der Waals surface area contributed by atoms with E-state index in [0.717, 1.165) is 23.0 Å². The zero-order valence-corrected chi connectivity index (χ0v) is 20.2. The molecule has 0 saturated carbocycles. The van der Waals surface area contributed by atoms with E-state index in [1.54, 1.807) is 12.1 Å². The number of carboxylic acid groups (broad SMARTS) is 2. The quantitative estimate of drug-likeness (QED) is 0.362. The molecule has 0 bridgehead atoms. The van der Waals surface area contributed by atoms with Gasteiger partial charge in [-0.15, -0.1) is 0 Å². The predicted molar refractivity (Wildman–Crippen MR) is 135 cm³/mol. The van der Waals surface area contributed by atoms with Crippen molar-refractivity contribution in [3.05, 3.63) is 82.0 Å². The number of furan rings is 1. The molecule has 1 saturated heterocycles. The number of benzene rings is 2. The van der Waals surface area contributed by atoms with Crippen LogP contribution in [0.25, 0.3) is 17.4 Å². The lowest BCUT2D eigenvalue weighted by atomic mass is 10.0. The first kappa shape index (κ1) is 25.5. The van der Waals surface area contributed by atoms with Crippen molar-refractivity contribution in [2.45, 2.75) is 13.3 Å². The van der Waals surface area contributed by atoms with Crippen LogP contribution in [0.4, 0.5) is 10.5 Å². The Labute approximate surface area is 214 Å². The highest BCUT2D eigenvalue weighted by Gasteiger charge is 2.36. The van der Waals surface area contributed by atoms with Crippen molar-refractivity contribution in [3.8, 4) is 11.3 Å². The molecule has 1 aliphatic heterocycles. The number of carbonyl (C=O) groups is 5. The fourth-order valence-electron chi connectivity index (χ4n) is 3.54. The number of amides is 3. The molecule has 4 rings (SSSR count). The first-order valence-corrected chi connectivity index (χ1v) is 11.8. The van der Waals surface area contributed by atoms with Crippen LogP contribution < -0.4 is 5.32 Å². The normalized spacial score (nSPS) is 14.3. The van der Waals surface area contributed by atoms with Gasteiger partial charge in [0.2, 0.25) is 5.91 Å². The lowest BCUT2D eigenvalue weighted by Crippen LogP contribution is -2.36. The van der Waals surface area contributed by atoms with Gasteiger partial charge in [0.25, 0.3) is 11.1 Å². The minimum atomic E-state index is -1.30. The van der Waals surface area contributed by atoms with E-state index in [2.05, 4.69) is 5.32 Å². The molecule has 1 aromatic heterocycles. The number of rotatable bonds is 8. The van der Waals surface area contributed by atoms with E-state index in [9.17, 15) is 34.2 Å². The van der Waals surface area contributed by atoms with Crippen LogP contribution in [0.15, 0.2) is 63.9 Å². The summed E-state index contributed by atoms with van der Waals surface area (Å²) in [5.41, 5.74) is 1.41. The summed E-state index contributed by atoms with van der Waals surface area (Å²) >= 11 is 0.651. The van der Waals surface area contributed by atoms with E-state index in [1.807, 2.05) is 19.1 Å². The second-order valence-corrected chi connectivity index (χ2v) is 8.97. The molecular formula is C26H20N2O8S. The van der Waals surface area contributed by atoms with Crippen molar-refractivity contribution in [3.63, 3.8) is 0 Å². The largest absolute Gasteiger partial charge is 0.478 e. The number of nitrogens with one attached hydrogen (secondary N) is 1. The fraction of sp³-hybridized carbons (Fsp3) is 0.115. The highest BCUT2D eigenvalue weighted by molar-refractivity contribution is 8.18. The van der Waals surface area contributed by atoms with E-state index in [1.165, 1.54) is 30.3 Å². The molecule has 3 amide bonds. The smallest absolute Gasteiger partial charge is 0.335 e. The van der Waals surface area contributed by atoms with E-state index < -0.39 is 35.5 Å². The van der Waals surface area contributed by atoms with E-state index >= 15 is 0 Å². The van der Waals surface area contributed by atoms with Crippen molar-refractivity contribution >= 4 is 52.5 Å². The second-order valence-electron chi connectivity index (χ2n) is 7.98. The lowest BCUT2D eigenvalue weighted by Gasteiger charge is -2.12. The Bertz CT molecular complexity index is 1420. The summed E-state index contributed by atoms with van der Waals surface area (Å²) in [5, 5.41) is 20.6. The van der Waals surface area contributed by atoms with Crippen LogP contribution in [0.5, 0.6) is 0 Å². The number of thioether (sulfide) groups is 1. The topological polar surface area (TPSA) is 154 Å². The number of imide groups is 1. The predicted octanol–water partition coefficient (Wildman–Crippen LogP) is 4.58. The summed E-state index contributed by atoms with van der Waals surface area (Å²) in [7, 11) is 0. The number of hydrogen-bond donors (Lipinski definition) is 3. The Morgan fingerprint density at radius 2 is 1.62 bits per heavy atom. The van der Waals surface area contributed by atoms with Gasteiger partial charge in [-0.05, 0) is 66.2 Å². The average Bonchev–Trinajstić information content (AvgIpc) is 3.44. The van der Waals surface area contributed by atoms with E-state index in [-0.39, 0.29) is 33.1 Å². The van der Waals surface area contributed by atoms with Gasteiger partial charge < -0.3 is 19.9 Å². The Balaban J connectivity index is 1.48. The molecule has 2 aromatic carbocycles. The van der Waals surface area contributed by atoms with Gasteiger partial charge in [-0.1, -0.05) is 19.1 Å². The zero-order valence-electron chi connectivity index (χ0n) is 19.4. The van der Waals surface area contributed by atoms with Crippen molar-refractivity contribution in [2.24, 2.45) is 0 Å². The number of hydrogen-bond acceptors (Lipinski definition) is 7. The number of aromatic carboxylic acids is 2. The molecule has 3 N–H and O–H groups in total. The van der Waals surface area contributed by atoms with E-state index in [0.29, 0.717) is 17.4 Å². The average molecular weight is 521 g/mol. The standard InChI is InChI=1S/C26H20N2O8S/c1-2-14-3-5-18(6-4-14)27-22(29)13-28-23(30)21(37-26(28)35)12-19-7-8-20(36-19)15-9-16(24(31)32)11-17(10-15)25(33)34/h3-12H,2,13H2,1H3,(H,27,29)(H,31,32)(H,33,34)/b21-12+. The van der Waals surface area contributed by atoms with Crippen LogP contribution in [0.2, 0.25) is 0 Å². The third-order valence-electron chi connectivity index (χ3n) is 5.43. The molecule has 1 aliphatic rings. The van der Waals surface area contributed by atoms with Crippen molar-refractivity contribution in [1.29, 1.82) is 0 Å². The Morgan fingerprint density at radius 1 is 0.973 bits per heavy atom. The van der Waals surface area contributed by atoms with Gasteiger partial charge in [0.1, 0.15) is 18.1 Å². The minimum absolute atomic E-state index is 0.0384. The van der Waals surface area contributed by atoms with Crippen molar-refractivity contribution < 1.29 is 38.6 Å². The molecule has 3 aromatic rings. The lowest BCUT2D eigenvalue weighted by molar-refractivity contribution is -0.127. The number of nitrogens with zero attached hydrogens (tertiary/aromatic N) is 1. The van der Waals surface area contributed by atoms with Crippen LogP contribution in [0.1, 0.15) is 39.0 Å². The highest BCUT2D eigenvalue weighted by atomic mass is 32.2. The Morgan fingerprint density at radius 3 is 2.22 bits per heavy atom. The van der Waals surface area contributed by atoms with Crippen molar-refractivity contribution in [2.75, 3.05) is 11.9 Å². The molecule has 37 heavy (non-hydrogen) atoms. The highest BCUT2D eigenvalue weighted by Crippen LogP contribution is 2.33. The number of carboxylic acids is 2. The Hall–Kier alpha value is -4.64. The number of carbonyl (C=O) groups excluding carboxylic acids is 3. The summed E-state index contributed by atoms with van der Waals surface area (Å²) in [6.45, 7) is 1.55. The van der Waals surface area contributed by atoms with Gasteiger partial charge >= 0.3 is 11.9 Å². The molecule has 0 spiro atoms. The minimum Gasteiger partial charge on any atom is -0.478 e. The van der Waals surface area contributed by atoms with Gasteiger partial charge in [-0.2, -0.15) is 0 Å². The van der Waals surface area contributed by atoms with Crippen LogP contribution in [0.3, 0.4) is 0 Å². The fourth-order valence-corrected chi connectivity index (χ4v) is 4.35. The Kier molecular flexibility index (Phi) is 7.25. The van der Waals surface area contributed by atoms with Gasteiger partial charge in [0, 0.05) is 17.3 Å². The SMILES string of the molecule is CCc1ccc(NC(=O)CN2C(=O)S/C(=C/c3ccc(-c4cc(C(=O)O)cc(C(=O)O)c4)o3)C2=O)cc1. The summed E-state index contributed by atoms with van der Waals surface area (Å²) in [6, 6.07) is 13.8. The maximum Gasteiger partial charge on any atom is 0.335 e. The molecule has 188 valence electrons. The number of anilines is 1. The first-order chi connectivity index (χ1) is 17.6. The monoisotopic (exact) mass is 520 g/mol. The molecule has 1 fully saturated rings. The maximum atomic E-state index is 12.8. The number of aryl methyl sites for hydroxylation is 1. The molecule has 0 unspecified atom stereocenters. The maximum absolute atomic E-state index is 12.8. The van der Waals surface area contributed by atoms with Crippen LogP contribution in [-0.4, -0.2) is 50.6 Å². The molecular weight excluding hydrogens is 500 g/mol. The molecule has 0 aliphatic carbocycles. The van der Waals surface area contributed by atoms with Gasteiger partial charge in [0.15, 0.2) is 0 Å². The zero-order chi connectivity index (χ0) is 26.7. The molecule has 2 heterocycles. The summed E-state index contributed by atoms with van der Waals surface area (Å²) in [5.74, 6) is -3.44. The van der Waals surface area contributed by atoms with Crippen LogP contribution >= 0.6 is 11.8 Å². The van der Waals surface area contributed by atoms with Gasteiger partial charge in [-0.25, -0.2) is 9.59 Å². The van der Waals surface area contributed by atoms with Crippen LogP contribution in [0, 0.1) is 0 Å². The van der Waals surface area contributed by atoms with Crippen molar-refractivity contribution in [1.82, 2.24) is 4.90 Å². The molecule has 11 heteroatoms. The summed E-state index contributed by atoms with van der Waals surface area (Å²) < 4.78 is 5.66.